The first-order valence-corrected chi connectivity index (χ1v) is 13.2. The Morgan fingerprint density at radius 3 is 2.36 bits per heavy atom. The fourth-order valence-corrected chi connectivity index (χ4v) is 9.99. The number of carbonyl (C=O) groups is 1. The molecule has 2 aliphatic carbocycles. The summed E-state index contributed by atoms with van der Waals surface area (Å²) in [5.74, 6) is 4.52. The molecule has 0 aromatic heterocycles. The molecule has 2 bridgehead atoms. The summed E-state index contributed by atoms with van der Waals surface area (Å²) < 4.78 is 0.445. The van der Waals surface area contributed by atoms with Crippen molar-refractivity contribution in [3.63, 3.8) is 0 Å². The van der Waals surface area contributed by atoms with Gasteiger partial charge in [-0.3, -0.25) is 4.79 Å². The fourth-order valence-electron chi connectivity index (χ4n) is 6.05. The van der Waals surface area contributed by atoms with Crippen LogP contribution >= 0.6 is 23.5 Å². The molecule has 0 radical (unpaired) electrons. The second-order valence-electron chi connectivity index (χ2n) is 8.97. The fraction of sp³-hybridized carbons (Fsp3) is 0.696. The molecule has 152 valence electrons. The van der Waals surface area contributed by atoms with E-state index in [1.807, 2.05) is 0 Å². The monoisotopic (exact) mass is 416 g/mol. The molecule has 2 heterocycles. The maximum absolute atomic E-state index is 13.3. The second kappa shape index (κ2) is 8.14. The van der Waals surface area contributed by atoms with Crippen molar-refractivity contribution in [1.29, 1.82) is 0 Å². The summed E-state index contributed by atoms with van der Waals surface area (Å²) in [6, 6.07) is 8.43. The molecule has 5 heteroatoms. The molecule has 1 spiro atoms. The lowest BCUT2D eigenvalue weighted by molar-refractivity contribution is -0.122. The SMILES string of the molecule is O=C(Nc1ccccc1N1CCCCC1)C1CC2CCCC(C1)C21SCCS1. The van der Waals surface area contributed by atoms with E-state index in [0.717, 1.165) is 43.5 Å². The molecule has 2 saturated heterocycles. The normalized spacial score (nSPS) is 31.7. The molecular weight excluding hydrogens is 384 g/mol. The molecular formula is C23H32N2OS2. The summed E-state index contributed by atoms with van der Waals surface area (Å²) >= 11 is 4.44. The van der Waals surface area contributed by atoms with Crippen molar-refractivity contribution >= 4 is 40.8 Å². The number of nitrogens with zero attached hydrogens (tertiary/aromatic N) is 1. The van der Waals surface area contributed by atoms with Gasteiger partial charge in [0.2, 0.25) is 5.91 Å². The van der Waals surface area contributed by atoms with Crippen LogP contribution in [0.5, 0.6) is 0 Å². The summed E-state index contributed by atoms with van der Waals surface area (Å²) in [4.78, 5) is 15.7. The van der Waals surface area contributed by atoms with Crippen LogP contribution in [0.2, 0.25) is 0 Å². The van der Waals surface area contributed by atoms with Gasteiger partial charge in [-0.15, -0.1) is 23.5 Å². The van der Waals surface area contributed by atoms with E-state index in [9.17, 15) is 4.79 Å². The Kier molecular flexibility index (Phi) is 5.57. The molecule has 1 N–H and O–H groups in total. The largest absolute Gasteiger partial charge is 0.370 e. The van der Waals surface area contributed by atoms with Crippen LogP contribution in [0.4, 0.5) is 11.4 Å². The number of thioether (sulfide) groups is 2. The van der Waals surface area contributed by atoms with E-state index in [4.69, 9.17) is 0 Å². The molecule has 2 atom stereocenters. The second-order valence-corrected chi connectivity index (χ2v) is 12.0. The van der Waals surface area contributed by atoms with Crippen molar-refractivity contribution in [2.75, 3.05) is 34.8 Å². The van der Waals surface area contributed by atoms with Crippen LogP contribution in [0.1, 0.15) is 51.4 Å². The molecule has 2 saturated carbocycles. The van der Waals surface area contributed by atoms with Gasteiger partial charge in [-0.1, -0.05) is 18.6 Å². The lowest BCUT2D eigenvalue weighted by Gasteiger charge is -2.52. The Morgan fingerprint density at radius 1 is 0.964 bits per heavy atom. The molecule has 1 amide bonds. The van der Waals surface area contributed by atoms with Crippen LogP contribution in [-0.4, -0.2) is 34.6 Å². The van der Waals surface area contributed by atoms with Crippen molar-refractivity contribution in [1.82, 2.24) is 0 Å². The molecule has 1 aromatic rings. The number of para-hydroxylation sites is 2. The van der Waals surface area contributed by atoms with E-state index in [-0.39, 0.29) is 11.8 Å². The van der Waals surface area contributed by atoms with Crippen molar-refractivity contribution in [2.24, 2.45) is 17.8 Å². The summed E-state index contributed by atoms with van der Waals surface area (Å²) in [5, 5.41) is 3.35. The first kappa shape index (κ1) is 19.2. The van der Waals surface area contributed by atoms with Gasteiger partial charge in [0, 0.05) is 30.5 Å². The number of nitrogens with one attached hydrogen (secondary N) is 1. The zero-order valence-electron chi connectivity index (χ0n) is 16.7. The van der Waals surface area contributed by atoms with Crippen LogP contribution in [0.3, 0.4) is 0 Å². The predicted octanol–water partition coefficient (Wildman–Crippen LogP) is 5.62. The molecule has 28 heavy (non-hydrogen) atoms. The third-order valence-corrected chi connectivity index (χ3v) is 11.4. The van der Waals surface area contributed by atoms with Crippen LogP contribution in [0.15, 0.2) is 24.3 Å². The van der Waals surface area contributed by atoms with E-state index in [1.54, 1.807) is 0 Å². The first-order chi connectivity index (χ1) is 13.8. The van der Waals surface area contributed by atoms with Crippen molar-refractivity contribution in [3.8, 4) is 0 Å². The van der Waals surface area contributed by atoms with Crippen LogP contribution < -0.4 is 10.2 Å². The van der Waals surface area contributed by atoms with E-state index in [0.29, 0.717) is 4.08 Å². The Hall–Kier alpha value is -0.810. The van der Waals surface area contributed by atoms with Crippen LogP contribution in [0, 0.1) is 17.8 Å². The van der Waals surface area contributed by atoms with Crippen molar-refractivity contribution in [3.05, 3.63) is 24.3 Å². The minimum Gasteiger partial charge on any atom is -0.370 e. The molecule has 2 aliphatic heterocycles. The molecule has 5 rings (SSSR count). The number of hydrogen-bond donors (Lipinski definition) is 1. The number of carbonyl (C=O) groups excluding carboxylic acids is 1. The Bertz CT molecular complexity index is 696. The number of rotatable bonds is 3. The van der Waals surface area contributed by atoms with Gasteiger partial charge in [0.1, 0.15) is 0 Å². The summed E-state index contributed by atoms with van der Waals surface area (Å²) in [6.45, 7) is 2.22. The highest BCUT2D eigenvalue weighted by Crippen LogP contribution is 2.64. The molecule has 1 aromatic carbocycles. The number of hydrogen-bond acceptors (Lipinski definition) is 4. The van der Waals surface area contributed by atoms with E-state index >= 15 is 0 Å². The minimum atomic E-state index is 0.192. The molecule has 4 aliphatic rings. The highest BCUT2D eigenvalue weighted by molar-refractivity contribution is 8.21. The highest BCUT2D eigenvalue weighted by atomic mass is 32.2. The molecule has 2 unspecified atom stereocenters. The van der Waals surface area contributed by atoms with Crippen LogP contribution in [0.25, 0.3) is 0 Å². The molecule has 3 nitrogen and oxygen atoms in total. The lowest BCUT2D eigenvalue weighted by Crippen LogP contribution is -2.48. The number of anilines is 2. The van der Waals surface area contributed by atoms with Gasteiger partial charge in [-0.2, -0.15) is 0 Å². The Balaban J connectivity index is 1.30. The van der Waals surface area contributed by atoms with Gasteiger partial charge in [-0.05, 0) is 68.9 Å². The third kappa shape index (κ3) is 3.47. The zero-order chi connectivity index (χ0) is 19.0. The summed E-state index contributed by atoms with van der Waals surface area (Å²) in [5.41, 5.74) is 2.23. The van der Waals surface area contributed by atoms with Gasteiger partial charge >= 0.3 is 0 Å². The smallest absolute Gasteiger partial charge is 0.227 e. The average Bonchev–Trinajstić information content (AvgIpc) is 3.18. The first-order valence-electron chi connectivity index (χ1n) is 11.2. The number of amides is 1. The van der Waals surface area contributed by atoms with E-state index < -0.39 is 0 Å². The average molecular weight is 417 g/mol. The van der Waals surface area contributed by atoms with E-state index in [1.165, 1.54) is 55.7 Å². The van der Waals surface area contributed by atoms with Gasteiger partial charge in [0.25, 0.3) is 0 Å². The standard InChI is InChI=1S/C23H32N2OS2/c26-22(24-20-9-2-3-10-21(20)25-11-4-1-5-12-25)17-15-18-7-6-8-19(16-17)23(18)27-13-14-28-23/h2-3,9-10,17-19H,1,4-8,11-16H2,(H,24,26). The lowest BCUT2D eigenvalue weighted by atomic mass is 9.67. The van der Waals surface area contributed by atoms with Crippen molar-refractivity contribution in [2.45, 2.75) is 55.4 Å². The van der Waals surface area contributed by atoms with Crippen LogP contribution in [-0.2, 0) is 4.79 Å². The van der Waals surface area contributed by atoms with E-state index in [2.05, 4.69) is 58.0 Å². The predicted molar refractivity (Wildman–Crippen MR) is 122 cm³/mol. The van der Waals surface area contributed by atoms with Gasteiger partial charge in [0.15, 0.2) is 0 Å². The maximum Gasteiger partial charge on any atom is 0.227 e. The quantitative estimate of drug-likeness (QED) is 0.693. The third-order valence-electron chi connectivity index (χ3n) is 7.35. The Labute approximate surface area is 177 Å². The number of piperidine rings is 1. The highest BCUT2D eigenvalue weighted by Gasteiger charge is 2.55. The minimum absolute atomic E-state index is 0.192. The summed E-state index contributed by atoms with van der Waals surface area (Å²) in [6.07, 6.45) is 10.0. The number of benzene rings is 1. The topological polar surface area (TPSA) is 32.3 Å². The van der Waals surface area contributed by atoms with Gasteiger partial charge in [-0.25, -0.2) is 0 Å². The zero-order valence-corrected chi connectivity index (χ0v) is 18.3. The molecule has 4 fully saturated rings. The van der Waals surface area contributed by atoms with Gasteiger partial charge in [0.05, 0.1) is 15.5 Å². The van der Waals surface area contributed by atoms with Crippen molar-refractivity contribution < 1.29 is 4.79 Å². The maximum atomic E-state index is 13.3. The summed E-state index contributed by atoms with van der Waals surface area (Å²) in [7, 11) is 0. The Morgan fingerprint density at radius 2 is 1.64 bits per heavy atom. The van der Waals surface area contributed by atoms with Gasteiger partial charge < -0.3 is 10.2 Å².